The molecule has 7 rings (SSSR count). The van der Waals surface area contributed by atoms with Crippen molar-refractivity contribution in [3.8, 4) is 34.5 Å². The van der Waals surface area contributed by atoms with Gasteiger partial charge in [0.2, 0.25) is 5.88 Å². The van der Waals surface area contributed by atoms with Gasteiger partial charge >= 0.3 is 0 Å². The Hall–Kier alpha value is -3.92. The highest BCUT2D eigenvalue weighted by molar-refractivity contribution is 5.91. The predicted molar refractivity (Wildman–Crippen MR) is 147 cm³/mol. The van der Waals surface area contributed by atoms with Gasteiger partial charge in [-0.2, -0.15) is 10.1 Å². The van der Waals surface area contributed by atoms with E-state index >= 15 is 0 Å². The molecule has 1 saturated carbocycles. The molecule has 4 aromatic heterocycles. The first-order valence-electron chi connectivity index (χ1n) is 14.3. The molecule has 2 atom stereocenters. The van der Waals surface area contributed by atoms with Gasteiger partial charge in [-0.1, -0.05) is 11.6 Å². The van der Waals surface area contributed by atoms with Gasteiger partial charge in [0.15, 0.2) is 23.1 Å². The summed E-state index contributed by atoms with van der Waals surface area (Å²) >= 11 is 0. The van der Waals surface area contributed by atoms with E-state index in [0.29, 0.717) is 42.3 Å². The highest BCUT2D eigenvalue weighted by Crippen LogP contribution is 2.47. The molecule has 1 spiro atoms. The number of hydrogen-bond acceptors (Lipinski definition) is 9. The van der Waals surface area contributed by atoms with Crippen LogP contribution in [-0.2, 0) is 16.6 Å². The summed E-state index contributed by atoms with van der Waals surface area (Å²) in [6.45, 7) is 1.61. The normalized spacial score (nSPS) is 23.0. The van der Waals surface area contributed by atoms with Gasteiger partial charge in [-0.3, -0.25) is 9.78 Å². The Labute approximate surface area is 232 Å². The molecule has 2 fully saturated rings. The number of carbonyl (C=O) groups excluding carboxylic acids is 1. The minimum absolute atomic E-state index is 0.278. The molecule has 206 valence electrons. The van der Waals surface area contributed by atoms with Gasteiger partial charge in [0, 0.05) is 42.0 Å². The zero-order chi connectivity index (χ0) is 27.1. The van der Waals surface area contributed by atoms with E-state index in [1.165, 1.54) is 6.42 Å². The molecule has 0 unspecified atom stereocenters. The monoisotopic (exact) mass is 539 g/mol. The number of hydrogen-bond donors (Lipinski definition) is 0. The van der Waals surface area contributed by atoms with Crippen LogP contribution >= 0.6 is 0 Å². The number of likely N-dealkylation sites (N-methyl/N-ethyl adjacent to an activating group) is 1. The molecule has 0 radical (unpaired) electrons. The van der Waals surface area contributed by atoms with E-state index in [0.717, 1.165) is 74.1 Å². The smallest absolute Gasteiger partial charge is 0.219 e. The number of ether oxygens (including phenoxy) is 1. The van der Waals surface area contributed by atoms with Crippen LogP contribution in [-0.4, -0.2) is 66.8 Å². The number of pyridine rings is 1. The summed E-state index contributed by atoms with van der Waals surface area (Å²) in [5, 5.41) is 9.09. The van der Waals surface area contributed by atoms with Gasteiger partial charge in [-0.15, -0.1) is 0 Å². The van der Waals surface area contributed by atoms with Crippen molar-refractivity contribution >= 4 is 5.78 Å². The first-order valence-corrected chi connectivity index (χ1v) is 14.3. The molecule has 5 heterocycles. The second-order valence-electron chi connectivity index (χ2n) is 11.2. The molecule has 0 aromatic carbocycles. The molecular weight excluding hydrogens is 506 g/mol. The molecule has 1 aliphatic heterocycles. The SMILES string of the molecule is CN1CCC[C@H]1COc1cc(-n2nccc2-c2ccncc2)nc(-c2noc3c2CCC[C@@]32CCCCC2=O)n1. The van der Waals surface area contributed by atoms with Gasteiger partial charge in [0.1, 0.15) is 12.4 Å². The van der Waals surface area contributed by atoms with E-state index in [-0.39, 0.29) is 5.78 Å². The number of nitrogens with zero attached hydrogens (tertiary/aromatic N) is 7. The fourth-order valence-corrected chi connectivity index (χ4v) is 6.67. The standard InChI is InChI=1S/C30H33N7O3/c1-36-17-5-6-21(36)19-39-26-18-25(37-23(11-16-32-37)20-9-14-31-15-10-20)33-29(34-26)27-22-7-4-13-30(28(22)40-35-27)12-3-2-8-24(30)38/h9-11,14-16,18,21H,2-8,12-13,17,19H2,1H3/t21-,30+/m0/s1. The lowest BCUT2D eigenvalue weighted by molar-refractivity contribution is -0.128. The zero-order valence-electron chi connectivity index (χ0n) is 22.8. The quantitative estimate of drug-likeness (QED) is 0.348. The van der Waals surface area contributed by atoms with Crippen LogP contribution in [0.3, 0.4) is 0 Å². The molecule has 1 saturated heterocycles. The minimum Gasteiger partial charge on any atom is -0.476 e. The maximum absolute atomic E-state index is 13.2. The number of Topliss-reactive ketones (excluding diaryl/α,β-unsaturated/α-hetero) is 1. The summed E-state index contributed by atoms with van der Waals surface area (Å²) in [6.07, 6.45) is 13.4. The average Bonchev–Trinajstić information content (AvgIpc) is 3.74. The summed E-state index contributed by atoms with van der Waals surface area (Å²) in [6, 6.07) is 8.00. The summed E-state index contributed by atoms with van der Waals surface area (Å²) in [7, 11) is 2.13. The molecule has 2 aliphatic carbocycles. The summed E-state index contributed by atoms with van der Waals surface area (Å²) in [5.74, 6) is 2.47. The van der Waals surface area contributed by atoms with Crippen molar-refractivity contribution in [3.05, 3.63) is 54.2 Å². The predicted octanol–water partition coefficient (Wildman–Crippen LogP) is 4.57. The van der Waals surface area contributed by atoms with Crippen molar-refractivity contribution in [2.45, 2.75) is 69.2 Å². The first kappa shape index (κ1) is 25.1. The van der Waals surface area contributed by atoms with Gasteiger partial charge in [0.25, 0.3) is 0 Å². The lowest BCUT2D eigenvalue weighted by atomic mass is 9.64. The molecule has 40 heavy (non-hydrogen) atoms. The van der Waals surface area contributed by atoms with Gasteiger partial charge < -0.3 is 14.2 Å². The van der Waals surface area contributed by atoms with Crippen LogP contribution < -0.4 is 4.74 Å². The number of carbonyl (C=O) groups is 1. The molecular formula is C30H33N7O3. The highest BCUT2D eigenvalue weighted by atomic mass is 16.5. The third kappa shape index (κ3) is 4.30. The number of aromatic nitrogens is 6. The van der Waals surface area contributed by atoms with Crippen LogP contribution in [0.4, 0.5) is 0 Å². The van der Waals surface area contributed by atoms with Crippen LogP contribution in [0, 0.1) is 0 Å². The summed E-state index contributed by atoms with van der Waals surface area (Å²) < 4.78 is 14.1. The van der Waals surface area contributed by atoms with E-state index in [1.807, 2.05) is 24.3 Å². The van der Waals surface area contributed by atoms with E-state index in [9.17, 15) is 4.79 Å². The van der Waals surface area contributed by atoms with E-state index < -0.39 is 5.41 Å². The highest BCUT2D eigenvalue weighted by Gasteiger charge is 2.48. The van der Waals surface area contributed by atoms with Crippen LogP contribution in [0.15, 0.2) is 47.4 Å². The Morgan fingerprint density at radius 1 is 1.05 bits per heavy atom. The van der Waals surface area contributed by atoms with E-state index in [2.05, 4.69) is 27.2 Å². The molecule has 0 N–H and O–H groups in total. The van der Waals surface area contributed by atoms with Crippen molar-refractivity contribution in [2.24, 2.45) is 0 Å². The fraction of sp³-hybridized carbons (Fsp3) is 0.467. The third-order valence-electron chi connectivity index (χ3n) is 8.88. The van der Waals surface area contributed by atoms with Crippen LogP contribution in [0.2, 0.25) is 0 Å². The van der Waals surface area contributed by atoms with Crippen LogP contribution in [0.25, 0.3) is 28.6 Å². The van der Waals surface area contributed by atoms with Crippen molar-refractivity contribution in [1.29, 1.82) is 0 Å². The van der Waals surface area contributed by atoms with Crippen molar-refractivity contribution in [1.82, 2.24) is 34.8 Å². The summed E-state index contributed by atoms with van der Waals surface area (Å²) in [4.78, 5) is 29.4. The Morgan fingerprint density at radius 2 is 1.93 bits per heavy atom. The minimum atomic E-state index is -0.558. The summed E-state index contributed by atoms with van der Waals surface area (Å²) in [5.41, 5.74) is 2.84. The Kier molecular flexibility index (Phi) is 6.42. The van der Waals surface area contributed by atoms with Gasteiger partial charge in [0.05, 0.1) is 17.3 Å². The molecule has 0 bridgehead atoms. The van der Waals surface area contributed by atoms with E-state index in [4.69, 9.17) is 19.2 Å². The molecule has 10 heteroatoms. The van der Waals surface area contributed by atoms with E-state index in [1.54, 1.807) is 23.3 Å². The van der Waals surface area contributed by atoms with Gasteiger partial charge in [-0.05, 0) is 76.7 Å². The number of likely N-dealkylation sites (tertiary alicyclic amines) is 1. The van der Waals surface area contributed by atoms with Crippen molar-refractivity contribution < 1.29 is 14.1 Å². The Balaban J connectivity index is 1.31. The third-order valence-corrected chi connectivity index (χ3v) is 8.88. The van der Waals surface area contributed by atoms with Gasteiger partial charge in [-0.25, -0.2) is 9.67 Å². The zero-order valence-corrected chi connectivity index (χ0v) is 22.8. The molecule has 0 amide bonds. The Morgan fingerprint density at radius 3 is 2.75 bits per heavy atom. The topological polar surface area (TPSA) is 112 Å². The largest absolute Gasteiger partial charge is 0.476 e. The second kappa shape index (κ2) is 10.2. The lowest BCUT2D eigenvalue weighted by Crippen LogP contribution is -2.41. The number of rotatable bonds is 6. The van der Waals surface area contributed by atoms with Crippen LogP contribution in [0.1, 0.15) is 62.7 Å². The first-order chi connectivity index (χ1) is 19.6. The average molecular weight is 540 g/mol. The molecule has 3 aliphatic rings. The number of ketones is 1. The molecule has 4 aromatic rings. The van der Waals surface area contributed by atoms with Crippen LogP contribution in [0.5, 0.6) is 5.88 Å². The fourth-order valence-electron chi connectivity index (χ4n) is 6.67. The Bertz CT molecular complexity index is 1530. The molecule has 10 nitrogen and oxygen atoms in total. The lowest BCUT2D eigenvalue weighted by Gasteiger charge is -2.36. The maximum atomic E-state index is 13.2. The van der Waals surface area contributed by atoms with Crippen molar-refractivity contribution in [2.75, 3.05) is 20.2 Å². The maximum Gasteiger partial charge on any atom is 0.219 e. The second-order valence-corrected chi connectivity index (χ2v) is 11.2. The van der Waals surface area contributed by atoms with Crippen molar-refractivity contribution in [3.63, 3.8) is 0 Å². The number of fused-ring (bicyclic) bond motifs is 2.